The SMILES string of the molecule is CC(C)C1NC(=O)C(CC(=O)O)NC(=O)[C@H](CC(=O)O)NC(=O)CNC(=O)[C@H](CCCN=C(N)N)NC(=O)CNC(=O)[C@H](N)CSSC[C@H](C(N)=O)NC1=O. The second-order valence-electron chi connectivity index (χ2n) is 12.3. The van der Waals surface area contributed by atoms with Gasteiger partial charge in [-0.25, -0.2) is 0 Å². The Morgan fingerprint density at radius 3 is 1.75 bits per heavy atom. The topological polar surface area (TPSA) is 412 Å². The van der Waals surface area contributed by atoms with Crippen molar-refractivity contribution in [3.63, 3.8) is 0 Å². The molecule has 2 unspecified atom stereocenters. The van der Waals surface area contributed by atoms with E-state index in [1.807, 2.05) is 0 Å². The molecule has 55 heavy (non-hydrogen) atoms. The fourth-order valence-corrected chi connectivity index (χ4v) is 6.75. The highest BCUT2D eigenvalue weighted by molar-refractivity contribution is 8.76. The van der Waals surface area contributed by atoms with E-state index in [1.165, 1.54) is 13.8 Å². The van der Waals surface area contributed by atoms with Gasteiger partial charge in [-0.15, -0.1) is 0 Å². The van der Waals surface area contributed by atoms with Crippen molar-refractivity contribution in [2.75, 3.05) is 31.1 Å². The number of hydrogen-bond donors (Lipinski definition) is 13. The van der Waals surface area contributed by atoms with Crippen LogP contribution in [0.4, 0.5) is 0 Å². The summed E-state index contributed by atoms with van der Waals surface area (Å²) in [6, 6.07) is -8.93. The largest absolute Gasteiger partial charge is 0.481 e. The minimum absolute atomic E-state index is 0.0237. The molecule has 0 aliphatic carbocycles. The zero-order chi connectivity index (χ0) is 41.8. The molecule has 308 valence electrons. The van der Waals surface area contributed by atoms with Gasteiger partial charge in [0.15, 0.2) is 5.96 Å². The lowest BCUT2D eigenvalue weighted by atomic mass is 10.0. The van der Waals surface area contributed by atoms with Gasteiger partial charge in [-0.05, 0) is 18.8 Å². The molecule has 8 amide bonds. The van der Waals surface area contributed by atoms with Crippen LogP contribution in [0.15, 0.2) is 4.99 Å². The number of aliphatic imine (C=N–C) groups is 1. The predicted octanol–water partition coefficient (Wildman–Crippen LogP) is -6.49. The van der Waals surface area contributed by atoms with Crippen LogP contribution >= 0.6 is 21.6 Å². The lowest BCUT2D eigenvalue weighted by Crippen LogP contribution is -2.60. The number of guanidine groups is 1. The summed E-state index contributed by atoms with van der Waals surface area (Å²) in [5, 5.41) is 34.7. The molecule has 1 heterocycles. The first-order valence-corrected chi connectivity index (χ1v) is 19.0. The smallest absolute Gasteiger partial charge is 0.305 e. The normalized spacial score (nSPS) is 24.8. The summed E-state index contributed by atoms with van der Waals surface area (Å²) >= 11 is 0. The molecule has 1 aliphatic heterocycles. The van der Waals surface area contributed by atoms with Crippen molar-refractivity contribution in [1.29, 1.82) is 0 Å². The average Bonchev–Trinajstić information content (AvgIpc) is 3.08. The van der Waals surface area contributed by atoms with E-state index in [0.29, 0.717) is 0 Å². The molecule has 26 heteroatoms. The Morgan fingerprint density at radius 2 is 1.22 bits per heavy atom. The summed E-state index contributed by atoms with van der Waals surface area (Å²) < 4.78 is 0. The lowest BCUT2D eigenvalue weighted by molar-refractivity contribution is -0.143. The van der Waals surface area contributed by atoms with E-state index in [9.17, 15) is 58.2 Å². The lowest BCUT2D eigenvalue weighted by Gasteiger charge is -2.27. The van der Waals surface area contributed by atoms with Gasteiger partial charge >= 0.3 is 11.9 Å². The van der Waals surface area contributed by atoms with Crippen LogP contribution in [0.1, 0.15) is 39.5 Å². The van der Waals surface area contributed by atoms with Gasteiger partial charge < -0.3 is 70.4 Å². The van der Waals surface area contributed by atoms with Crippen molar-refractivity contribution in [3.05, 3.63) is 0 Å². The van der Waals surface area contributed by atoms with Crippen LogP contribution in [0.3, 0.4) is 0 Å². The van der Waals surface area contributed by atoms with Gasteiger partial charge in [0.05, 0.1) is 32.0 Å². The van der Waals surface area contributed by atoms with Crippen molar-refractivity contribution in [2.45, 2.75) is 75.8 Å². The summed E-state index contributed by atoms with van der Waals surface area (Å²) in [4.78, 5) is 130. The highest BCUT2D eigenvalue weighted by Crippen LogP contribution is 2.22. The number of carbonyl (C=O) groups is 10. The van der Waals surface area contributed by atoms with Crippen LogP contribution in [0, 0.1) is 5.92 Å². The summed E-state index contributed by atoms with van der Waals surface area (Å²) in [6.07, 6.45) is -1.98. The number of nitrogens with zero attached hydrogens (tertiary/aromatic N) is 1. The fourth-order valence-electron chi connectivity index (χ4n) is 4.45. The summed E-state index contributed by atoms with van der Waals surface area (Å²) in [6.45, 7) is 1.63. The third kappa shape index (κ3) is 19.0. The fraction of sp³-hybridized carbons (Fsp3) is 0.621. The third-order valence-electron chi connectivity index (χ3n) is 7.29. The third-order valence-corrected chi connectivity index (χ3v) is 9.74. The number of aliphatic carboxylic acids is 2. The summed E-state index contributed by atoms with van der Waals surface area (Å²) in [5.41, 5.74) is 22.0. The Morgan fingerprint density at radius 1 is 0.709 bits per heavy atom. The Kier molecular flexibility index (Phi) is 20.9. The summed E-state index contributed by atoms with van der Waals surface area (Å²) in [5.74, 6) is -12.1. The van der Waals surface area contributed by atoms with Gasteiger partial charge in [0.1, 0.15) is 30.2 Å². The second kappa shape index (κ2) is 24.1. The van der Waals surface area contributed by atoms with E-state index < -0.39 is 127 Å². The van der Waals surface area contributed by atoms with E-state index in [2.05, 4.69) is 42.2 Å². The molecular formula is C29H48N12O12S2. The molecule has 0 aromatic heterocycles. The van der Waals surface area contributed by atoms with Gasteiger partial charge in [0.25, 0.3) is 0 Å². The molecule has 0 aromatic rings. The molecule has 0 aromatic carbocycles. The Bertz CT molecular complexity index is 1480. The first kappa shape index (κ1) is 47.7. The monoisotopic (exact) mass is 820 g/mol. The molecule has 0 saturated carbocycles. The molecule has 1 fully saturated rings. The van der Waals surface area contributed by atoms with Crippen LogP contribution < -0.4 is 60.2 Å². The number of carbonyl (C=O) groups excluding carboxylic acids is 8. The van der Waals surface area contributed by atoms with Crippen LogP contribution in [0.2, 0.25) is 0 Å². The van der Waals surface area contributed by atoms with Crippen molar-refractivity contribution in [3.8, 4) is 0 Å². The first-order chi connectivity index (χ1) is 25.7. The maximum absolute atomic E-state index is 13.3. The van der Waals surface area contributed by atoms with E-state index in [1.54, 1.807) is 0 Å². The van der Waals surface area contributed by atoms with Crippen LogP contribution in [0.25, 0.3) is 0 Å². The molecule has 17 N–H and O–H groups in total. The number of carboxylic acids is 2. The molecule has 1 rings (SSSR count). The Labute approximate surface area is 322 Å². The molecule has 6 atom stereocenters. The molecular weight excluding hydrogens is 773 g/mol. The number of hydrogen-bond acceptors (Lipinski definition) is 14. The van der Waals surface area contributed by atoms with E-state index in [0.717, 1.165) is 21.6 Å². The molecule has 0 bridgehead atoms. The van der Waals surface area contributed by atoms with Crippen LogP contribution in [-0.2, 0) is 47.9 Å². The highest BCUT2D eigenvalue weighted by Gasteiger charge is 2.34. The van der Waals surface area contributed by atoms with Crippen molar-refractivity contribution in [1.82, 2.24) is 37.2 Å². The van der Waals surface area contributed by atoms with Gasteiger partial charge in [-0.2, -0.15) is 0 Å². The van der Waals surface area contributed by atoms with E-state index >= 15 is 0 Å². The number of nitrogens with one attached hydrogen (secondary N) is 7. The standard InChI is InChI=1S/C29H48N12O12S2/c1-12(2)22-28(53)40-17(23(31)48)11-55-54-10-13(30)24(49)35-8-18(42)37-14(4-3-5-34-29(32)33)25(50)36-9-19(43)38-15(6-20(44)45)26(51)39-16(7-21(46)47)27(52)41-22/h12-17,22H,3-11,30H2,1-2H3,(H2,31,48)(H,35,49)(H,36,50)(H,37,42)(H,38,43)(H,39,51)(H,40,53)(H,41,52)(H,44,45)(H,46,47)(H4,32,33,34)/t13-,14+,15+,16?,17-,22?/m1/s1. The maximum atomic E-state index is 13.3. The van der Waals surface area contributed by atoms with Crippen molar-refractivity contribution in [2.24, 2.45) is 33.8 Å². The Hall–Kier alpha value is -5.37. The molecule has 0 spiro atoms. The van der Waals surface area contributed by atoms with Crippen molar-refractivity contribution >= 4 is 86.7 Å². The van der Waals surface area contributed by atoms with Gasteiger partial charge in [-0.3, -0.25) is 52.9 Å². The van der Waals surface area contributed by atoms with E-state index in [4.69, 9.17) is 22.9 Å². The van der Waals surface area contributed by atoms with Gasteiger partial charge in [0.2, 0.25) is 47.3 Å². The van der Waals surface area contributed by atoms with Gasteiger partial charge in [0, 0.05) is 18.1 Å². The van der Waals surface area contributed by atoms with E-state index in [-0.39, 0.29) is 36.9 Å². The molecule has 0 radical (unpaired) electrons. The van der Waals surface area contributed by atoms with Crippen LogP contribution in [0.5, 0.6) is 0 Å². The highest BCUT2D eigenvalue weighted by atomic mass is 33.1. The van der Waals surface area contributed by atoms with Crippen molar-refractivity contribution < 1.29 is 58.2 Å². The number of carboxylic acid groups (broad SMARTS) is 2. The molecule has 1 saturated heterocycles. The number of nitrogens with two attached hydrogens (primary N) is 4. The van der Waals surface area contributed by atoms with Gasteiger partial charge in [-0.1, -0.05) is 35.4 Å². The quantitative estimate of drug-likeness (QED) is 0.0422. The maximum Gasteiger partial charge on any atom is 0.305 e. The zero-order valence-electron chi connectivity index (χ0n) is 30.0. The number of primary amides is 1. The second-order valence-corrected chi connectivity index (χ2v) is 14.8. The predicted molar refractivity (Wildman–Crippen MR) is 197 cm³/mol. The molecule has 1 aliphatic rings. The average molecular weight is 821 g/mol. The minimum atomic E-state index is -1.90. The first-order valence-electron chi connectivity index (χ1n) is 16.5. The zero-order valence-corrected chi connectivity index (χ0v) is 31.6. The van der Waals surface area contributed by atoms with Crippen LogP contribution in [-0.4, -0.2) is 143 Å². The minimum Gasteiger partial charge on any atom is -0.481 e. The Balaban J connectivity index is 3.44. The molecule has 24 nitrogen and oxygen atoms in total. The number of rotatable bonds is 10. The summed E-state index contributed by atoms with van der Waals surface area (Å²) in [7, 11) is 2.05. The number of amides is 8.